The number of imide groups is 2. The van der Waals surface area contributed by atoms with Gasteiger partial charge in [-0.25, -0.2) is 9.97 Å². The van der Waals surface area contributed by atoms with Gasteiger partial charge in [0.15, 0.2) is 0 Å². The third-order valence-electron chi connectivity index (χ3n) is 11.9. The fourth-order valence-corrected chi connectivity index (χ4v) is 10.1. The van der Waals surface area contributed by atoms with Gasteiger partial charge in [-0.1, -0.05) is 73.3 Å². The predicted octanol–water partition coefficient (Wildman–Crippen LogP) is 6.72. The summed E-state index contributed by atoms with van der Waals surface area (Å²) in [7, 11) is -0.779. The number of aromatic nitrogens is 2. The van der Waals surface area contributed by atoms with Gasteiger partial charge in [-0.2, -0.15) is 0 Å². The largest absolute Gasteiger partial charge is 0.496 e. The lowest BCUT2D eigenvalue weighted by atomic mass is 9.97. The molecular weight excluding hydrogens is 799 g/mol. The number of rotatable bonds is 17. The van der Waals surface area contributed by atoms with Crippen molar-refractivity contribution in [3.05, 3.63) is 111 Å². The molecule has 316 valence electrons. The molecule has 0 aliphatic carbocycles. The molecule has 3 aliphatic heterocycles. The van der Waals surface area contributed by atoms with Gasteiger partial charge in [-0.05, 0) is 81.7 Å². The van der Waals surface area contributed by atoms with E-state index in [1.165, 1.54) is 0 Å². The first-order valence-corrected chi connectivity index (χ1v) is 24.0. The van der Waals surface area contributed by atoms with Gasteiger partial charge in [0.05, 0.1) is 29.0 Å². The maximum absolute atomic E-state index is 13.4. The number of anilines is 1. The Bertz CT molecular complexity index is 2310. The van der Waals surface area contributed by atoms with Gasteiger partial charge < -0.3 is 19.5 Å². The highest BCUT2D eigenvalue weighted by Crippen LogP contribution is 2.37. The first kappa shape index (κ1) is 43.2. The number of amides is 4. The van der Waals surface area contributed by atoms with Crippen LogP contribution < -0.4 is 25.6 Å². The van der Waals surface area contributed by atoms with Crippen molar-refractivity contribution in [2.45, 2.75) is 89.1 Å². The molecular formula is C46H54ClN6O6P. The highest BCUT2D eigenvalue weighted by atomic mass is 35.5. The number of carbonyl (C=O) groups is 4. The van der Waals surface area contributed by atoms with Crippen molar-refractivity contribution in [1.82, 2.24) is 25.5 Å². The van der Waals surface area contributed by atoms with Crippen molar-refractivity contribution in [2.75, 3.05) is 45.0 Å². The van der Waals surface area contributed by atoms with E-state index in [0.29, 0.717) is 53.0 Å². The van der Waals surface area contributed by atoms with Gasteiger partial charge in [-0.3, -0.25) is 29.4 Å². The third-order valence-corrected chi connectivity index (χ3v) is 13.8. The maximum Gasteiger partial charge on any atom is 0.262 e. The van der Waals surface area contributed by atoms with E-state index in [-0.39, 0.29) is 18.7 Å². The van der Waals surface area contributed by atoms with Crippen LogP contribution >= 0.6 is 18.7 Å². The quantitative estimate of drug-likeness (QED) is 0.0666. The first-order chi connectivity index (χ1) is 28.9. The number of halogens is 1. The number of nitrogens with one attached hydrogen (secondary N) is 2. The molecule has 0 radical (unpaired) electrons. The molecule has 60 heavy (non-hydrogen) atoms. The van der Waals surface area contributed by atoms with Crippen LogP contribution in [0.15, 0.2) is 66.9 Å². The number of piperidine rings is 2. The molecule has 1 aromatic heterocycles. The van der Waals surface area contributed by atoms with Crippen LogP contribution in [0.4, 0.5) is 5.69 Å². The van der Waals surface area contributed by atoms with Crippen molar-refractivity contribution in [3.63, 3.8) is 0 Å². The Balaban J connectivity index is 0.823. The molecule has 2 fully saturated rings. The van der Waals surface area contributed by atoms with Crippen molar-refractivity contribution in [2.24, 2.45) is 0 Å². The van der Waals surface area contributed by atoms with Crippen LogP contribution in [-0.2, 0) is 33.4 Å². The second kappa shape index (κ2) is 19.2. The summed E-state index contributed by atoms with van der Waals surface area (Å²) in [5.41, 5.74) is 5.38. The molecule has 0 spiro atoms. The van der Waals surface area contributed by atoms with Crippen molar-refractivity contribution < 1.29 is 28.5 Å². The fraction of sp³-hybridized carbons (Fsp3) is 0.435. The average molecular weight is 853 g/mol. The number of methoxy groups -OCH3 is 1. The molecule has 1 unspecified atom stereocenters. The zero-order chi connectivity index (χ0) is 42.4. The van der Waals surface area contributed by atoms with E-state index >= 15 is 0 Å². The minimum Gasteiger partial charge on any atom is -0.496 e. The summed E-state index contributed by atoms with van der Waals surface area (Å²) >= 11 is 6.55. The summed E-state index contributed by atoms with van der Waals surface area (Å²) < 4.78 is 18.8. The number of aryl methyl sites for hydroxylation is 1. The minimum absolute atomic E-state index is 0.104. The van der Waals surface area contributed by atoms with E-state index in [9.17, 15) is 23.7 Å². The lowest BCUT2D eigenvalue weighted by Gasteiger charge is -2.34. The monoisotopic (exact) mass is 852 g/mol. The standard InChI is InChI=1S/C46H54ClN6O6P/c1-59-39-28-34(18-17-31(39)27-41-49-29-36(47)37(50-41)26-32-13-8-9-16-40(32)60(2,3)58)52-24-21-33(22-25-52)48-23-10-6-4-5-7-12-30-14-11-15-35-43(30)46(57)53(45(35)56)38-19-20-42(54)51-44(38)55/h8-9,11,13-18,28-29,33,38,48H,4-7,10,12,19-27H2,1-3H3,(H,51,54,55). The Morgan fingerprint density at radius 2 is 1.62 bits per heavy atom. The molecule has 4 amide bonds. The Hall–Kier alpha value is -4.90. The third kappa shape index (κ3) is 9.99. The highest BCUT2D eigenvalue weighted by molar-refractivity contribution is 7.70. The van der Waals surface area contributed by atoms with E-state index in [1.807, 2.05) is 30.3 Å². The predicted molar refractivity (Wildman–Crippen MR) is 234 cm³/mol. The SMILES string of the molecule is COc1cc(N2CCC(NCCCCCCCc3cccc4c3C(=O)N(C3CCC(=O)NC3=O)C4=O)CC2)ccc1Cc1ncc(Cl)c(Cc2ccccc2P(C)(C)=O)n1. The zero-order valence-electron chi connectivity index (χ0n) is 34.7. The number of hydrogen-bond donors (Lipinski definition) is 2. The molecule has 4 aromatic rings. The summed E-state index contributed by atoms with van der Waals surface area (Å²) in [4.78, 5) is 63.4. The van der Waals surface area contributed by atoms with Gasteiger partial charge in [-0.15, -0.1) is 0 Å². The molecule has 0 saturated carbocycles. The topological polar surface area (TPSA) is 151 Å². The molecule has 7 rings (SSSR count). The number of nitrogens with zero attached hydrogens (tertiary/aromatic N) is 4. The van der Waals surface area contributed by atoms with Crippen LogP contribution in [0.2, 0.25) is 5.02 Å². The van der Waals surface area contributed by atoms with Crippen LogP contribution in [0.25, 0.3) is 0 Å². The number of unbranched alkanes of at least 4 members (excludes halogenated alkanes) is 4. The van der Waals surface area contributed by atoms with Gasteiger partial charge in [0.2, 0.25) is 11.8 Å². The molecule has 12 nitrogen and oxygen atoms in total. The Labute approximate surface area is 357 Å². The normalized spacial score (nSPS) is 17.3. The number of benzene rings is 3. The molecule has 14 heteroatoms. The molecule has 2 saturated heterocycles. The second-order valence-corrected chi connectivity index (χ2v) is 20.0. The Morgan fingerprint density at radius 1 is 0.867 bits per heavy atom. The van der Waals surface area contributed by atoms with E-state index < -0.39 is 30.9 Å². The van der Waals surface area contributed by atoms with Crippen LogP contribution in [0, 0.1) is 0 Å². The van der Waals surface area contributed by atoms with E-state index in [1.54, 1.807) is 38.8 Å². The maximum atomic E-state index is 13.4. The molecule has 3 aliphatic rings. The van der Waals surface area contributed by atoms with Gasteiger partial charge in [0.1, 0.15) is 24.8 Å². The van der Waals surface area contributed by atoms with E-state index in [2.05, 4.69) is 38.7 Å². The van der Waals surface area contributed by atoms with Crippen LogP contribution in [0.3, 0.4) is 0 Å². The summed E-state index contributed by atoms with van der Waals surface area (Å²) in [6.45, 7) is 6.45. The molecule has 3 aromatic carbocycles. The van der Waals surface area contributed by atoms with Gasteiger partial charge >= 0.3 is 0 Å². The highest BCUT2D eigenvalue weighted by Gasteiger charge is 2.45. The zero-order valence-corrected chi connectivity index (χ0v) is 36.3. The summed E-state index contributed by atoms with van der Waals surface area (Å²) in [6.07, 6.45) is 10.9. The van der Waals surface area contributed by atoms with Crippen molar-refractivity contribution >= 4 is 53.4 Å². The van der Waals surface area contributed by atoms with Crippen LogP contribution in [0.5, 0.6) is 5.75 Å². The number of fused-ring (bicyclic) bond motifs is 1. The fourth-order valence-electron chi connectivity index (χ4n) is 8.68. The number of carbonyl (C=O) groups excluding carboxylic acids is 4. The number of hydrogen-bond acceptors (Lipinski definition) is 10. The Morgan fingerprint density at radius 3 is 2.38 bits per heavy atom. The average Bonchev–Trinajstić information content (AvgIpc) is 3.49. The van der Waals surface area contributed by atoms with Gasteiger partial charge in [0.25, 0.3) is 11.8 Å². The van der Waals surface area contributed by atoms with Crippen LogP contribution in [0.1, 0.15) is 107 Å². The smallest absolute Gasteiger partial charge is 0.262 e. The van der Waals surface area contributed by atoms with Gasteiger partial charge in [0, 0.05) is 67.2 Å². The summed E-state index contributed by atoms with van der Waals surface area (Å²) in [5, 5.41) is 7.35. The van der Waals surface area contributed by atoms with Crippen LogP contribution in [-0.4, -0.2) is 90.7 Å². The lowest BCUT2D eigenvalue weighted by molar-refractivity contribution is -0.136. The second-order valence-electron chi connectivity index (χ2n) is 16.4. The summed E-state index contributed by atoms with van der Waals surface area (Å²) in [6, 6.07) is 19.0. The molecule has 0 bridgehead atoms. The number of ether oxygens (including phenoxy) is 1. The first-order valence-electron chi connectivity index (χ1n) is 21.0. The summed E-state index contributed by atoms with van der Waals surface area (Å²) in [5.74, 6) is -0.429. The van der Waals surface area contributed by atoms with E-state index in [0.717, 1.165) is 103 Å². The molecule has 2 N–H and O–H groups in total. The lowest BCUT2D eigenvalue weighted by Crippen LogP contribution is -2.54. The van der Waals surface area contributed by atoms with Crippen molar-refractivity contribution in [3.8, 4) is 5.75 Å². The molecule has 4 heterocycles. The minimum atomic E-state index is -2.47. The van der Waals surface area contributed by atoms with E-state index in [4.69, 9.17) is 21.3 Å². The Kier molecular flexibility index (Phi) is 13.8. The van der Waals surface area contributed by atoms with Crippen molar-refractivity contribution in [1.29, 1.82) is 0 Å². The molecule has 1 atom stereocenters.